The van der Waals surface area contributed by atoms with E-state index in [9.17, 15) is 0 Å². The first kappa shape index (κ1) is 13.6. The Morgan fingerprint density at radius 2 is 2.45 bits per heavy atom. The third kappa shape index (κ3) is 3.04. The van der Waals surface area contributed by atoms with Crippen molar-refractivity contribution in [1.29, 1.82) is 0 Å². The quantitative estimate of drug-likeness (QED) is 0.629. The fraction of sp³-hybridized carbons (Fsp3) is 0.615. The zero-order valence-electron chi connectivity index (χ0n) is 11.6. The summed E-state index contributed by atoms with van der Waals surface area (Å²) in [5.41, 5.74) is 0.786. The summed E-state index contributed by atoms with van der Waals surface area (Å²) in [6.45, 7) is 3.88. The topological polar surface area (TPSA) is 75.7 Å². The van der Waals surface area contributed by atoms with Gasteiger partial charge < -0.3 is 10.1 Å². The van der Waals surface area contributed by atoms with Gasteiger partial charge in [-0.2, -0.15) is 10.1 Å². The molecule has 6 nitrogen and oxygen atoms in total. The van der Waals surface area contributed by atoms with Crippen LogP contribution >= 0.6 is 11.8 Å². The lowest BCUT2D eigenvalue weighted by Crippen LogP contribution is -2.09. The van der Waals surface area contributed by atoms with Gasteiger partial charge in [0.25, 0.3) is 0 Å². The lowest BCUT2D eigenvalue weighted by atomic mass is 10.3. The molecule has 3 rings (SSSR count). The predicted octanol–water partition coefficient (Wildman–Crippen LogP) is 2.45. The molecule has 0 radical (unpaired) electrons. The van der Waals surface area contributed by atoms with Gasteiger partial charge in [-0.05, 0) is 19.3 Å². The third-order valence-corrected chi connectivity index (χ3v) is 4.36. The Morgan fingerprint density at radius 1 is 1.50 bits per heavy atom. The maximum absolute atomic E-state index is 5.66. The van der Waals surface area contributed by atoms with Crippen molar-refractivity contribution in [2.45, 2.75) is 37.3 Å². The molecule has 0 spiro atoms. The number of anilines is 1. The van der Waals surface area contributed by atoms with Crippen LogP contribution in [-0.4, -0.2) is 45.2 Å². The number of hydrogen-bond acceptors (Lipinski definition) is 6. The number of nitrogens with zero attached hydrogens (tertiary/aromatic N) is 3. The second-order valence-corrected chi connectivity index (χ2v) is 5.87. The van der Waals surface area contributed by atoms with E-state index in [-0.39, 0.29) is 0 Å². The summed E-state index contributed by atoms with van der Waals surface area (Å²) in [4.78, 5) is 9.03. The van der Waals surface area contributed by atoms with E-state index in [1.807, 2.05) is 0 Å². The van der Waals surface area contributed by atoms with E-state index in [4.69, 9.17) is 4.74 Å². The average molecular weight is 293 g/mol. The van der Waals surface area contributed by atoms with E-state index in [0.717, 1.165) is 47.8 Å². The van der Waals surface area contributed by atoms with Gasteiger partial charge in [0.05, 0.1) is 17.7 Å². The van der Waals surface area contributed by atoms with E-state index in [2.05, 4.69) is 32.4 Å². The monoisotopic (exact) mass is 293 g/mol. The minimum atomic E-state index is 0.351. The van der Waals surface area contributed by atoms with Crippen LogP contribution in [0.4, 0.5) is 5.95 Å². The number of nitrogens with one attached hydrogen (secondary N) is 2. The first-order valence-corrected chi connectivity index (χ1v) is 8.04. The van der Waals surface area contributed by atoms with Gasteiger partial charge in [-0.3, -0.25) is 5.10 Å². The number of ether oxygens (including phenoxy) is 1. The Bertz CT molecular complexity index is 567. The highest BCUT2D eigenvalue weighted by atomic mass is 32.2. The van der Waals surface area contributed by atoms with Crippen LogP contribution in [-0.2, 0) is 4.74 Å². The molecule has 3 heterocycles. The highest BCUT2D eigenvalue weighted by Gasteiger charge is 2.17. The smallest absolute Gasteiger partial charge is 0.225 e. The van der Waals surface area contributed by atoms with Gasteiger partial charge >= 0.3 is 0 Å². The Hall–Kier alpha value is -1.34. The minimum Gasteiger partial charge on any atom is -0.377 e. The summed E-state index contributed by atoms with van der Waals surface area (Å²) in [5, 5.41) is 12.2. The summed E-state index contributed by atoms with van der Waals surface area (Å²) in [7, 11) is 0. The summed E-state index contributed by atoms with van der Waals surface area (Å²) in [5.74, 6) is 1.60. The second-order valence-electron chi connectivity index (χ2n) is 4.86. The van der Waals surface area contributed by atoms with Crippen molar-refractivity contribution in [1.82, 2.24) is 20.2 Å². The summed E-state index contributed by atoms with van der Waals surface area (Å²) < 4.78 is 5.66. The Kier molecular flexibility index (Phi) is 4.37. The number of aromatic nitrogens is 4. The maximum Gasteiger partial charge on any atom is 0.225 e. The van der Waals surface area contributed by atoms with Crippen molar-refractivity contribution in [2.24, 2.45) is 0 Å². The van der Waals surface area contributed by atoms with E-state index in [0.29, 0.717) is 12.1 Å². The van der Waals surface area contributed by atoms with Crippen LogP contribution in [0.1, 0.15) is 26.2 Å². The zero-order valence-corrected chi connectivity index (χ0v) is 12.4. The van der Waals surface area contributed by atoms with Crippen LogP contribution in [0.25, 0.3) is 11.0 Å². The van der Waals surface area contributed by atoms with Gasteiger partial charge in [0.2, 0.25) is 5.95 Å². The van der Waals surface area contributed by atoms with Crippen LogP contribution in [0, 0.1) is 0 Å². The van der Waals surface area contributed by atoms with Gasteiger partial charge in [-0.15, -0.1) is 11.8 Å². The SMILES string of the molecule is CCCNc1nc(SCC2CCCO2)c2cn[nH]c2n1. The predicted molar refractivity (Wildman–Crippen MR) is 80.2 cm³/mol. The van der Waals surface area contributed by atoms with E-state index >= 15 is 0 Å². The minimum absolute atomic E-state index is 0.351. The summed E-state index contributed by atoms with van der Waals surface area (Å²) in [6.07, 6.45) is 5.50. The highest BCUT2D eigenvalue weighted by Crippen LogP contribution is 2.28. The molecule has 1 unspecified atom stereocenters. The van der Waals surface area contributed by atoms with E-state index in [1.165, 1.54) is 6.42 Å². The van der Waals surface area contributed by atoms with E-state index in [1.54, 1.807) is 18.0 Å². The Labute approximate surface area is 122 Å². The van der Waals surface area contributed by atoms with Crippen molar-refractivity contribution in [3.63, 3.8) is 0 Å². The van der Waals surface area contributed by atoms with Crippen molar-refractivity contribution < 1.29 is 4.74 Å². The van der Waals surface area contributed by atoms with Crippen LogP contribution in [0.15, 0.2) is 11.2 Å². The fourth-order valence-electron chi connectivity index (χ4n) is 2.18. The molecule has 0 saturated carbocycles. The number of fused-ring (bicyclic) bond motifs is 1. The lowest BCUT2D eigenvalue weighted by molar-refractivity contribution is 0.129. The first-order chi connectivity index (χ1) is 9.86. The Morgan fingerprint density at radius 3 is 3.25 bits per heavy atom. The number of hydrogen-bond donors (Lipinski definition) is 2. The molecule has 0 bridgehead atoms. The molecule has 0 aromatic carbocycles. The van der Waals surface area contributed by atoms with Gasteiger partial charge in [0, 0.05) is 18.9 Å². The standard InChI is InChI=1S/C13H19N5OS/c1-2-5-14-13-16-11-10(7-15-18-11)12(17-13)20-8-9-4-3-6-19-9/h7,9H,2-6,8H2,1H3,(H2,14,15,16,17,18). The normalized spacial score (nSPS) is 18.8. The molecule has 0 aliphatic carbocycles. The number of rotatable bonds is 6. The molecular formula is C13H19N5OS. The van der Waals surface area contributed by atoms with Gasteiger partial charge in [0.15, 0.2) is 5.65 Å². The van der Waals surface area contributed by atoms with Crippen molar-refractivity contribution in [2.75, 3.05) is 24.2 Å². The third-order valence-electron chi connectivity index (χ3n) is 3.24. The van der Waals surface area contributed by atoms with Crippen LogP contribution in [0.5, 0.6) is 0 Å². The molecule has 108 valence electrons. The van der Waals surface area contributed by atoms with Crippen LogP contribution in [0.2, 0.25) is 0 Å². The molecule has 20 heavy (non-hydrogen) atoms. The maximum atomic E-state index is 5.66. The molecule has 1 atom stereocenters. The molecule has 2 aromatic rings. The van der Waals surface area contributed by atoms with Crippen molar-refractivity contribution in [3.05, 3.63) is 6.20 Å². The largest absolute Gasteiger partial charge is 0.377 e. The number of thioether (sulfide) groups is 1. The molecule has 7 heteroatoms. The second kappa shape index (κ2) is 6.41. The highest BCUT2D eigenvalue weighted by molar-refractivity contribution is 7.99. The number of aromatic amines is 1. The molecule has 2 aromatic heterocycles. The van der Waals surface area contributed by atoms with Crippen LogP contribution < -0.4 is 5.32 Å². The van der Waals surface area contributed by atoms with Gasteiger partial charge in [0.1, 0.15) is 5.03 Å². The van der Waals surface area contributed by atoms with Gasteiger partial charge in [-0.25, -0.2) is 4.98 Å². The molecule has 0 amide bonds. The Balaban J connectivity index is 1.77. The zero-order chi connectivity index (χ0) is 13.8. The molecular weight excluding hydrogens is 274 g/mol. The fourth-order valence-corrected chi connectivity index (χ4v) is 3.24. The first-order valence-electron chi connectivity index (χ1n) is 7.06. The molecule has 1 saturated heterocycles. The van der Waals surface area contributed by atoms with Crippen LogP contribution in [0.3, 0.4) is 0 Å². The molecule has 1 aliphatic rings. The van der Waals surface area contributed by atoms with Crippen molar-refractivity contribution >= 4 is 28.7 Å². The molecule has 1 aliphatic heterocycles. The van der Waals surface area contributed by atoms with Gasteiger partial charge in [-0.1, -0.05) is 6.92 Å². The average Bonchev–Trinajstić information content (AvgIpc) is 3.13. The summed E-state index contributed by atoms with van der Waals surface area (Å²) >= 11 is 1.72. The molecule has 2 N–H and O–H groups in total. The molecule has 1 fully saturated rings. The van der Waals surface area contributed by atoms with Crippen molar-refractivity contribution in [3.8, 4) is 0 Å². The number of H-pyrrole nitrogens is 1. The summed E-state index contributed by atoms with van der Waals surface area (Å²) in [6, 6.07) is 0. The lowest BCUT2D eigenvalue weighted by Gasteiger charge is -2.10. The van der Waals surface area contributed by atoms with E-state index < -0.39 is 0 Å².